The van der Waals surface area contributed by atoms with E-state index in [1.165, 1.54) is 70.6 Å². The first-order valence-electron chi connectivity index (χ1n) is 12.3. The van der Waals surface area contributed by atoms with Crippen molar-refractivity contribution in [2.45, 2.75) is 108 Å². The van der Waals surface area contributed by atoms with Gasteiger partial charge in [-0.15, -0.1) is 5.10 Å². The van der Waals surface area contributed by atoms with Crippen LogP contribution in [0.4, 0.5) is 0 Å². The van der Waals surface area contributed by atoms with E-state index in [4.69, 9.17) is 4.74 Å². The molecule has 0 saturated heterocycles. The molecular weight excluding hydrogens is 424 g/mol. The Morgan fingerprint density at radius 1 is 0.931 bits per heavy atom. The number of ether oxygens (including phenoxy) is 1. The maximum Gasteiger partial charge on any atom is 0.233 e. The van der Waals surface area contributed by atoms with Crippen LogP contribution in [0.5, 0.6) is 5.88 Å². The molecule has 1 aromatic rings. The fourth-order valence-electron chi connectivity index (χ4n) is 5.40. The van der Waals surface area contributed by atoms with E-state index < -0.39 is 0 Å². The van der Waals surface area contributed by atoms with Crippen LogP contribution in [0.1, 0.15) is 109 Å². The fraction of sp³-hybridized carbons (Fsp3) is 0.840. The Morgan fingerprint density at radius 2 is 1.66 bits per heavy atom. The molecule has 0 N–H and O–H groups in total. The van der Waals surface area contributed by atoms with Crippen molar-refractivity contribution in [1.29, 1.82) is 0 Å². The third-order valence-electron chi connectivity index (χ3n) is 7.33. The minimum atomic E-state index is 0.585. The lowest BCUT2D eigenvalue weighted by Crippen LogP contribution is -2.25. The van der Waals surface area contributed by atoms with E-state index in [0.29, 0.717) is 11.8 Å². The van der Waals surface area contributed by atoms with Gasteiger partial charge in [-0.05, 0) is 75.2 Å². The van der Waals surface area contributed by atoms with Crippen LogP contribution in [0, 0.1) is 17.8 Å². The minimum Gasteiger partial charge on any atom is -0.477 e. The highest BCUT2D eigenvalue weighted by molar-refractivity contribution is 9.09. The second kappa shape index (κ2) is 12.3. The van der Waals surface area contributed by atoms with Gasteiger partial charge in [0.2, 0.25) is 5.88 Å². The van der Waals surface area contributed by atoms with Crippen molar-refractivity contribution in [2.24, 2.45) is 17.8 Å². The maximum atomic E-state index is 5.65. The second-order valence-corrected chi connectivity index (χ2v) is 10.7. The summed E-state index contributed by atoms with van der Waals surface area (Å²) in [6, 6.07) is 4.15. The summed E-state index contributed by atoms with van der Waals surface area (Å²) in [5.74, 6) is 4.06. The number of alkyl halides is 1. The summed E-state index contributed by atoms with van der Waals surface area (Å²) in [6.07, 6.45) is 17.4. The topological polar surface area (TPSA) is 35.0 Å². The molecule has 0 bridgehead atoms. The van der Waals surface area contributed by atoms with Crippen LogP contribution in [0.15, 0.2) is 12.1 Å². The molecule has 0 amide bonds. The van der Waals surface area contributed by atoms with Crippen molar-refractivity contribution in [1.82, 2.24) is 10.2 Å². The van der Waals surface area contributed by atoms with Crippen LogP contribution in [-0.2, 0) is 0 Å². The zero-order chi connectivity index (χ0) is 20.5. The molecule has 29 heavy (non-hydrogen) atoms. The SMILES string of the molecule is CCCCOc1ccc(C2CCC(CC(Br)C3CCC(CCC)CC3)CC2)nn1. The fourth-order valence-corrected chi connectivity index (χ4v) is 6.46. The molecule has 1 unspecified atom stereocenters. The average Bonchev–Trinajstić information content (AvgIpc) is 2.76. The first-order valence-corrected chi connectivity index (χ1v) is 13.2. The van der Waals surface area contributed by atoms with Gasteiger partial charge in [0.1, 0.15) is 0 Å². The van der Waals surface area contributed by atoms with Crippen LogP contribution >= 0.6 is 15.9 Å². The molecule has 2 aliphatic carbocycles. The van der Waals surface area contributed by atoms with Crippen molar-refractivity contribution in [3.05, 3.63) is 17.8 Å². The number of rotatable bonds is 10. The van der Waals surface area contributed by atoms with Crippen LogP contribution in [0.2, 0.25) is 0 Å². The molecule has 1 heterocycles. The van der Waals surface area contributed by atoms with Crippen LogP contribution in [0.25, 0.3) is 0 Å². The van der Waals surface area contributed by atoms with Crippen molar-refractivity contribution in [3.8, 4) is 5.88 Å². The highest BCUT2D eigenvalue weighted by atomic mass is 79.9. The van der Waals surface area contributed by atoms with Gasteiger partial charge in [0.15, 0.2) is 0 Å². The Morgan fingerprint density at radius 3 is 2.28 bits per heavy atom. The van der Waals surface area contributed by atoms with Gasteiger partial charge in [-0.2, -0.15) is 5.10 Å². The van der Waals surface area contributed by atoms with E-state index >= 15 is 0 Å². The molecule has 2 aliphatic rings. The largest absolute Gasteiger partial charge is 0.477 e. The summed E-state index contributed by atoms with van der Waals surface area (Å²) < 4.78 is 5.65. The lowest BCUT2D eigenvalue weighted by atomic mass is 9.74. The lowest BCUT2D eigenvalue weighted by molar-refractivity contribution is 0.231. The van der Waals surface area contributed by atoms with Gasteiger partial charge in [0, 0.05) is 16.8 Å². The van der Waals surface area contributed by atoms with Gasteiger partial charge < -0.3 is 4.74 Å². The van der Waals surface area contributed by atoms with Gasteiger partial charge in [-0.1, -0.05) is 61.9 Å². The van der Waals surface area contributed by atoms with Crippen LogP contribution in [-0.4, -0.2) is 21.6 Å². The molecule has 2 saturated carbocycles. The van der Waals surface area contributed by atoms with Gasteiger partial charge in [0.05, 0.1) is 12.3 Å². The Labute approximate surface area is 186 Å². The Bertz CT molecular complexity index is 563. The first kappa shape index (κ1) is 23.0. The molecule has 4 heteroatoms. The number of halogens is 1. The smallest absolute Gasteiger partial charge is 0.233 e. The average molecular weight is 466 g/mol. The quantitative estimate of drug-likeness (QED) is 0.262. The summed E-state index contributed by atoms with van der Waals surface area (Å²) in [5.41, 5.74) is 1.16. The Balaban J connectivity index is 1.38. The van der Waals surface area contributed by atoms with Crippen LogP contribution < -0.4 is 4.74 Å². The van der Waals surface area contributed by atoms with E-state index in [1.807, 2.05) is 6.07 Å². The predicted molar refractivity (Wildman–Crippen MR) is 125 cm³/mol. The summed E-state index contributed by atoms with van der Waals surface area (Å²) in [5, 5.41) is 8.77. The summed E-state index contributed by atoms with van der Waals surface area (Å²) in [4.78, 5) is 0.728. The highest BCUT2D eigenvalue weighted by Crippen LogP contribution is 2.42. The van der Waals surface area contributed by atoms with E-state index in [9.17, 15) is 0 Å². The Kier molecular flexibility index (Phi) is 9.75. The Hall–Kier alpha value is -0.640. The zero-order valence-electron chi connectivity index (χ0n) is 18.6. The summed E-state index contributed by atoms with van der Waals surface area (Å²) in [7, 11) is 0. The van der Waals surface area contributed by atoms with Gasteiger partial charge in [-0.25, -0.2) is 0 Å². The molecule has 0 aromatic carbocycles. The number of nitrogens with zero attached hydrogens (tertiary/aromatic N) is 2. The van der Waals surface area contributed by atoms with Crippen LogP contribution in [0.3, 0.4) is 0 Å². The molecule has 0 radical (unpaired) electrons. The van der Waals surface area contributed by atoms with E-state index in [2.05, 4.69) is 46.0 Å². The van der Waals surface area contributed by atoms with E-state index in [-0.39, 0.29) is 0 Å². The molecule has 164 valence electrons. The predicted octanol–water partition coefficient (Wildman–Crippen LogP) is 7.69. The number of aromatic nitrogens is 2. The molecule has 3 nitrogen and oxygen atoms in total. The minimum absolute atomic E-state index is 0.585. The molecular formula is C25H41BrN2O. The van der Waals surface area contributed by atoms with Crippen molar-refractivity contribution < 1.29 is 4.74 Å². The molecule has 1 aromatic heterocycles. The van der Waals surface area contributed by atoms with Crippen molar-refractivity contribution in [2.75, 3.05) is 6.61 Å². The monoisotopic (exact) mass is 464 g/mol. The third-order valence-corrected chi connectivity index (χ3v) is 8.45. The van der Waals surface area contributed by atoms with Crippen molar-refractivity contribution >= 4 is 15.9 Å². The van der Waals surface area contributed by atoms with Gasteiger partial charge in [0.25, 0.3) is 0 Å². The van der Waals surface area contributed by atoms with Gasteiger partial charge in [-0.3, -0.25) is 0 Å². The molecule has 2 fully saturated rings. The van der Waals surface area contributed by atoms with E-state index in [0.717, 1.165) is 47.7 Å². The highest BCUT2D eigenvalue weighted by Gasteiger charge is 2.30. The normalized spacial score (nSPS) is 28.8. The molecule has 1 atom stereocenters. The first-order chi connectivity index (χ1) is 14.2. The molecule has 0 aliphatic heterocycles. The second-order valence-electron chi connectivity index (χ2n) is 9.54. The van der Waals surface area contributed by atoms with Crippen molar-refractivity contribution in [3.63, 3.8) is 0 Å². The standard InChI is InChI=1S/C25H41BrN2O/c1-3-5-17-29-25-16-15-24(27-28-25)22-13-9-20(10-14-22)18-23(26)21-11-7-19(6-4-2)8-12-21/h15-16,19-23H,3-14,17-18H2,1-2H3. The summed E-state index contributed by atoms with van der Waals surface area (Å²) in [6.45, 7) is 5.24. The molecule has 3 rings (SSSR count). The zero-order valence-corrected chi connectivity index (χ0v) is 20.2. The number of hydrogen-bond donors (Lipinski definition) is 0. The van der Waals surface area contributed by atoms with E-state index in [1.54, 1.807) is 0 Å². The maximum absolute atomic E-state index is 5.65. The van der Waals surface area contributed by atoms with Gasteiger partial charge >= 0.3 is 0 Å². The molecule has 0 spiro atoms. The lowest BCUT2D eigenvalue weighted by Gasteiger charge is -2.34. The number of unbranched alkanes of at least 4 members (excludes halogenated alkanes) is 1. The summed E-state index contributed by atoms with van der Waals surface area (Å²) >= 11 is 4.09. The number of hydrogen-bond acceptors (Lipinski definition) is 3. The third kappa shape index (κ3) is 7.22.